The molecule has 1 aliphatic rings. The number of rotatable bonds is 3. The summed E-state index contributed by atoms with van der Waals surface area (Å²) in [5.41, 5.74) is 8.03. The van der Waals surface area contributed by atoms with Crippen LogP contribution in [-0.2, 0) is 0 Å². The number of furan rings is 1. The lowest BCUT2D eigenvalue weighted by molar-refractivity contribution is 0.160. The van der Waals surface area contributed by atoms with E-state index in [0.717, 1.165) is 31.0 Å². The maximum Gasteiger partial charge on any atom is 0.122 e. The molecule has 20 heavy (non-hydrogen) atoms. The van der Waals surface area contributed by atoms with Gasteiger partial charge in [0.15, 0.2) is 0 Å². The molecule has 0 aromatic carbocycles. The lowest BCUT2D eigenvalue weighted by atomic mass is 9.82. The van der Waals surface area contributed by atoms with Gasteiger partial charge >= 0.3 is 0 Å². The van der Waals surface area contributed by atoms with Gasteiger partial charge in [-0.25, -0.2) is 0 Å². The summed E-state index contributed by atoms with van der Waals surface area (Å²) in [4.78, 5) is 2.43. The fourth-order valence-corrected chi connectivity index (χ4v) is 3.00. The molecule has 0 fully saturated rings. The zero-order valence-corrected chi connectivity index (χ0v) is 13.4. The van der Waals surface area contributed by atoms with Crippen molar-refractivity contribution in [3.63, 3.8) is 0 Å². The van der Waals surface area contributed by atoms with E-state index in [1.165, 1.54) is 0 Å². The normalized spacial score (nSPS) is 20.6. The molecule has 1 aromatic rings. The summed E-state index contributed by atoms with van der Waals surface area (Å²) in [5, 5.41) is 0. The molecule has 0 radical (unpaired) electrons. The van der Waals surface area contributed by atoms with Gasteiger partial charge in [0.25, 0.3) is 0 Å². The molecular formula is C17H28N2O. The summed E-state index contributed by atoms with van der Waals surface area (Å²) in [6.45, 7) is 12.9. The highest BCUT2D eigenvalue weighted by molar-refractivity contribution is 5.18. The Labute approximate surface area is 122 Å². The van der Waals surface area contributed by atoms with Gasteiger partial charge in [0.1, 0.15) is 11.5 Å². The largest absolute Gasteiger partial charge is 0.465 e. The van der Waals surface area contributed by atoms with Gasteiger partial charge in [-0.2, -0.15) is 0 Å². The zero-order chi connectivity index (χ0) is 14.9. The van der Waals surface area contributed by atoms with Crippen molar-refractivity contribution in [2.24, 2.45) is 11.1 Å². The second kappa shape index (κ2) is 5.74. The van der Waals surface area contributed by atoms with Gasteiger partial charge in [-0.1, -0.05) is 32.4 Å². The Morgan fingerprint density at radius 2 is 2.00 bits per heavy atom. The number of hydrogen-bond donors (Lipinski definition) is 1. The molecule has 0 saturated heterocycles. The average Bonchev–Trinajstić information content (AvgIpc) is 2.75. The van der Waals surface area contributed by atoms with Crippen LogP contribution >= 0.6 is 0 Å². The molecule has 0 amide bonds. The van der Waals surface area contributed by atoms with E-state index in [0.29, 0.717) is 0 Å². The Kier molecular flexibility index (Phi) is 4.40. The third kappa shape index (κ3) is 3.33. The molecule has 112 valence electrons. The molecule has 0 spiro atoms. The van der Waals surface area contributed by atoms with Crippen LogP contribution in [0, 0.1) is 12.3 Å². The van der Waals surface area contributed by atoms with Crippen LogP contribution in [0.1, 0.15) is 51.7 Å². The van der Waals surface area contributed by atoms with E-state index in [9.17, 15) is 0 Å². The first-order valence-corrected chi connectivity index (χ1v) is 7.54. The van der Waals surface area contributed by atoms with Gasteiger partial charge in [-0.15, -0.1) is 0 Å². The zero-order valence-electron chi connectivity index (χ0n) is 13.4. The number of hydrogen-bond acceptors (Lipinski definition) is 3. The highest BCUT2D eigenvalue weighted by atomic mass is 16.3. The lowest BCUT2D eigenvalue weighted by Gasteiger charge is -2.37. The van der Waals surface area contributed by atoms with Gasteiger partial charge in [0, 0.05) is 19.1 Å². The van der Waals surface area contributed by atoms with E-state index >= 15 is 0 Å². The van der Waals surface area contributed by atoms with Crippen molar-refractivity contribution in [1.29, 1.82) is 0 Å². The molecule has 2 rings (SSSR count). The Morgan fingerprint density at radius 1 is 1.30 bits per heavy atom. The van der Waals surface area contributed by atoms with Gasteiger partial charge < -0.3 is 10.2 Å². The monoisotopic (exact) mass is 276 g/mol. The smallest absolute Gasteiger partial charge is 0.122 e. The van der Waals surface area contributed by atoms with Crippen molar-refractivity contribution in [2.75, 3.05) is 13.1 Å². The van der Waals surface area contributed by atoms with Gasteiger partial charge in [-0.05, 0) is 37.8 Å². The van der Waals surface area contributed by atoms with Crippen LogP contribution in [0.2, 0.25) is 0 Å². The van der Waals surface area contributed by atoms with E-state index in [-0.39, 0.29) is 17.5 Å². The Morgan fingerprint density at radius 3 is 2.40 bits per heavy atom. The summed E-state index contributed by atoms with van der Waals surface area (Å²) < 4.78 is 5.81. The maximum absolute atomic E-state index is 6.21. The third-order valence-corrected chi connectivity index (χ3v) is 4.15. The summed E-state index contributed by atoms with van der Waals surface area (Å²) in [5.74, 6) is 1.94. The average molecular weight is 276 g/mol. The molecule has 2 N–H and O–H groups in total. The molecule has 2 atom stereocenters. The molecule has 0 bridgehead atoms. The predicted molar refractivity (Wildman–Crippen MR) is 83.6 cm³/mol. The minimum atomic E-state index is 0.0603. The minimum absolute atomic E-state index is 0.0603. The van der Waals surface area contributed by atoms with E-state index < -0.39 is 0 Å². The number of nitrogens with two attached hydrogens (primary N) is 1. The van der Waals surface area contributed by atoms with Crippen LogP contribution in [0.25, 0.3) is 0 Å². The van der Waals surface area contributed by atoms with Gasteiger partial charge in [-0.3, -0.25) is 4.90 Å². The van der Waals surface area contributed by atoms with Crippen molar-refractivity contribution in [3.05, 3.63) is 35.3 Å². The first kappa shape index (κ1) is 15.3. The summed E-state index contributed by atoms with van der Waals surface area (Å²) in [6, 6.07) is 4.31. The minimum Gasteiger partial charge on any atom is -0.465 e. The molecule has 2 unspecified atom stereocenters. The van der Waals surface area contributed by atoms with Crippen molar-refractivity contribution in [1.82, 2.24) is 4.90 Å². The summed E-state index contributed by atoms with van der Waals surface area (Å²) >= 11 is 0. The van der Waals surface area contributed by atoms with Gasteiger partial charge in [0.2, 0.25) is 0 Å². The van der Waals surface area contributed by atoms with Crippen LogP contribution in [0.3, 0.4) is 0 Å². The van der Waals surface area contributed by atoms with Crippen LogP contribution < -0.4 is 5.73 Å². The molecule has 1 aliphatic heterocycles. The van der Waals surface area contributed by atoms with Crippen molar-refractivity contribution in [3.8, 4) is 0 Å². The molecule has 0 aliphatic carbocycles. The van der Waals surface area contributed by atoms with Crippen molar-refractivity contribution in [2.45, 2.75) is 53.1 Å². The van der Waals surface area contributed by atoms with E-state index in [1.807, 2.05) is 13.0 Å². The van der Waals surface area contributed by atoms with E-state index in [1.54, 1.807) is 5.57 Å². The maximum atomic E-state index is 6.21. The quantitative estimate of drug-likeness (QED) is 0.857. The third-order valence-electron chi connectivity index (χ3n) is 4.15. The lowest BCUT2D eigenvalue weighted by Crippen LogP contribution is -2.42. The van der Waals surface area contributed by atoms with Gasteiger partial charge in [0.05, 0.1) is 6.04 Å². The first-order chi connectivity index (χ1) is 9.29. The molecular weight excluding hydrogens is 248 g/mol. The van der Waals surface area contributed by atoms with Crippen LogP contribution in [-0.4, -0.2) is 24.0 Å². The van der Waals surface area contributed by atoms with Crippen LogP contribution in [0.4, 0.5) is 0 Å². The highest BCUT2D eigenvalue weighted by Gasteiger charge is 2.29. The topological polar surface area (TPSA) is 42.4 Å². The van der Waals surface area contributed by atoms with Crippen LogP contribution in [0.15, 0.2) is 28.2 Å². The number of nitrogens with zero attached hydrogens (tertiary/aromatic N) is 1. The van der Waals surface area contributed by atoms with Crippen molar-refractivity contribution >= 4 is 0 Å². The molecule has 3 nitrogen and oxygen atoms in total. The SMILES string of the molecule is Cc1ccc(C(C(C)N)N2CC=C(C(C)(C)C)CC2)o1. The fraction of sp³-hybridized carbons (Fsp3) is 0.647. The Hall–Kier alpha value is -1.06. The number of aryl methyl sites for hydroxylation is 1. The summed E-state index contributed by atoms with van der Waals surface area (Å²) in [7, 11) is 0. The molecule has 1 aromatic heterocycles. The fourth-order valence-electron chi connectivity index (χ4n) is 3.00. The Bertz CT molecular complexity index is 479. The Balaban J connectivity index is 2.16. The standard InChI is InChI=1S/C17H28N2O/c1-12-6-7-15(20-12)16(13(2)18)19-10-8-14(9-11-19)17(3,4)5/h6-8,13,16H,9-11,18H2,1-5H3. The first-order valence-electron chi connectivity index (χ1n) is 7.54. The van der Waals surface area contributed by atoms with E-state index in [4.69, 9.17) is 10.2 Å². The molecule has 0 saturated carbocycles. The van der Waals surface area contributed by atoms with Crippen LogP contribution in [0.5, 0.6) is 0 Å². The second-order valence-electron chi connectivity index (χ2n) is 6.98. The molecule has 3 heteroatoms. The molecule has 2 heterocycles. The highest BCUT2D eigenvalue weighted by Crippen LogP contribution is 2.33. The van der Waals surface area contributed by atoms with E-state index in [2.05, 4.69) is 44.7 Å². The predicted octanol–water partition coefficient (Wildman–Crippen LogP) is 3.65. The summed E-state index contributed by atoms with van der Waals surface area (Å²) in [6.07, 6.45) is 3.49. The second-order valence-corrected chi connectivity index (χ2v) is 6.98. The van der Waals surface area contributed by atoms with Crippen molar-refractivity contribution < 1.29 is 4.42 Å².